The summed E-state index contributed by atoms with van der Waals surface area (Å²) in [6, 6.07) is 3.91. The van der Waals surface area contributed by atoms with Crippen LogP contribution in [0.5, 0.6) is 0 Å². The Morgan fingerprint density at radius 2 is 2.36 bits per heavy atom. The van der Waals surface area contributed by atoms with Gasteiger partial charge in [-0.15, -0.1) is 11.3 Å². The molecule has 0 unspecified atom stereocenters. The van der Waals surface area contributed by atoms with E-state index in [0.29, 0.717) is 5.01 Å². The van der Waals surface area contributed by atoms with Gasteiger partial charge in [0.25, 0.3) is 0 Å². The number of hydrogen-bond acceptors (Lipinski definition) is 4. The molecule has 0 N–H and O–H groups in total. The van der Waals surface area contributed by atoms with Crippen molar-refractivity contribution >= 4 is 17.6 Å². The Labute approximate surface area is 85.5 Å². The van der Waals surface area contributed by atoms with Crippen molar-refractivity contribution in [3.05, 3.63) is 46.2 Å². The monoisotopic (exact) mass is 204 g/mol. The summed E-state index contributed by atoms with van der Waals surface area (Å²) >= 11 is 1.42. The Morgan fingerprint density at radius 1 is 1.43 bits per heavy atom. The van der Waals surface area contributed by atoms with Gasteiger partial charge in [-0.2, -0.15) is 0 Å². The predicted molar refractivity (Wildman–Crippen MR) is 54.5 cm³/mol. The number of carbonyl (C=O) groups is 1. The van der Waals surface area contributed by atoms with Gasteiger partial charge >= 0.3 is 0 Å². The first-order chi connectivity index (χ1) is 6.88. The number of aromatic nitrogens is 2. The molecular formula is C10H8N2OS. The van der Waals surface area contributed by atoms with E-state index < -0.39 is 0 Å². The maximum atomic E-state index is 10.4. The number of rotatable bonds is 3. The number of aldehydes is 1. The second-order valence-electron chi connectivity index (χ2n) is 2.82. The Balaban J connectivity index is 2.15. The van der Waals surface area contributed by atoms with Crippen molar-refractivity contribution in [2.24, 2.45) is 0 Å². The molecule has 3 nitrogen and oxygen atoms in total. The lowest BCUT2D eigenvalue weighted by atomic mass is 10.2. The summed E-state index contributed by atoms with van der Waals surface area (Å²) in [4.78, 5) is 19.5. The average molecular weight is 204 g/mol. The van der Waals surface area contributed by atoms with Crippen LogP contribution in [0.3, 0.4) is 0 Å². The molecule has 0 spiro atoms. The van der Waals surface area contributed by atoms with Gasteiger partial charge in [0.1, 0.15) is 0 Å². The van der Waals surface area contributed by atoms with Crippen molar-refractivity contribution < 1.29 is 4.79 Å². The van der Waals surface area contributed by atoms with E-state index in [9.17, 15) is 4.79 Å². The van der Waals surface area contributed by atoms with Crippen molar-refractivity contribution in [1.29, 1.82) is 0 Å². The van der Waals surface area contributed by atoms with Crippen LogP contribution in [0, 0.1) is 0 Å². The van der Waals surface area contributed by atoms with Gasteiger partial charge in [-0.25, -0.2) is 4.98 Å². The SMILES string of the molecule is O=Cc1ncc(Cc2cccnc2)s1. The van der Waals surface area contributed by atoms with Crippen LogP contribution in [-0.4, -0.2) is 16.3 Å². The maximum Gasteiger partial charge on any atom is 0.178 e. The van der Waals surface area contributed by atoms with Crippen molar-refractivity contribution in [1.82, 2.24) is 9.97 Å². The predicted octanol–water partition coefficient (Wildman–Crippen LogP) is 1.94. The zero-order valence-corrected chi connectivity index (χ0v) is 8.20. The minimum Gasteiger partial charge on any atom is -0.295 e. The van der Waals surface area contributed by atoms with Crippen LogP contribution in [0.25, 0.3) is 0 Å². The molecule has 0 bridgehead atoms. The highest BCUT2D eigenvalue weighted by molar-refractivity contribution is 7.13. The van der Waals surface area contributed by atoms with Gasteiger partial charge in [-0.3, -0.25) is 9.78 Å². The third kappa shape index (κ3) is 2.03. The summed E-state index contributed by atoms with van der Waals surface area (Å²) in [5, 5.41) is 0.531. The Kier molecular flexibility index (Phi) is 2.65. The molecule has 0 fully saturated rings. The van der Waals surface area contributed by atoms with E-state index in [1.807, 2.05) is 18.3 Å². The summed E-state index contributed by atoms with van der Waals surface area (Å²) in [5.41, 5.74) is 1.13. The van der Waals surface area contributed by atoms with E-state index in [1.54, 1.807) is 12.4 Å². The Morgan fingerprint density at radius 3 is 3.00 bits per heavy atom. The quantitative estimate of drug-likeness (QED) is 0.717. The van der Waals surface area contributed by atoms with Crippen molar-refractivity contribution in [3.63, 3.8) is 0 Å². The minimum absolute atomic E-state index is 0.531. The molecule has 2 aromatic heterocycles. The molecule has 2 heterocycles. The van der Waals surface area contributed by atoms with Crippen molar-refractivity contribution in [3.8, 4) is 0 Å². The third-order valence-corrected chi connectivity index (χ3v) is 2.70. The minimum atomic E-state index is 0.531. The van der Waals surface area contributed by atoms with Crippen LogP contribution >= 0.6 is 11.3 Å². The lowest BCUT2D eigenvalue weighted by Gasteiger charge is -1.94. The molecule has 4 heteroatoms. The summed E-state index contributed by atoms with van der Waals surface area (Å²) < 4.78 is 0. The summed E-state index contributed by atoms with van der Waals surface area (Å²) in [6.07, 6.45) is 6.87. The number of hydrogen-bond donors (Lipinski definition) is 0. The molecule has 0 aliphatic carbocycles. The number of nitrogens with zero attached hydrogens (tertiary/aromatic N) is 2. The standard InChI is InChI=1S/C10H8N2OS/c13-7-10-12-6-9(14-10)4-8-2-1-3-11-5-8/h1-3,5-7H,4H2. The fourth-order valence-corrected chi connectivity index (χ4v) is 1.93. The van der Waals surface area contributed by atoms with Gasteiger partial charge in [-0.1, -0.05) is 6.07 Å². The van der Waals surface area contributed by atoms with Gasteiger partial charge in [-0.05, 0) is 11.6 Å². The maximum absolute atomic E-state index is 10.4. The highest BCUT2D eigenvalue weighted by Gasteiger charge is 2.01. The zero-order valence-electron chi connectivity index (χ0n) is 7.38. The van der Waals surface area contributed by atoms with Gasteiger partial charge in [0.05, 0.1) is 0 Å². The molecule has 70 valence electrons. The molecule has 0 aromatic carbocycles. The summed E-state index contributed by atoms with van der Waals surface area (Å²) in [5.74, 6) is 0. The fourth-order valence-electron chi connectivity index (χ4n) is 1.16. The lowest BCUT2D eigenvalue weighted by molar-refractivity contribution is 0.112. The average Bonchev–Trinajstić information content (AvgIpc) is 2.67. The molecule has 0 atom stereocenters. The molecule has 0 amide bonds. The number of pyridine rings is 1. The van der Waals surface area contributed by atoms with Crippen molar-refractivity contribution in [2.45, 2.75) is 6.42 Å². The van der Waals surface area contributed by atoms with E-state index in [0.717, 1.165) is 23.1 Å². The Bertz CT molecular complexity index is 425. The molecule has 0 aliphatic rings. The van der Waals surface area contributed by atoms with Gasteiger partial charge < -0.3 is 0 Å². The first kappa shape index (κ1) is 9.02. The topological polar surface area (TPSA) is 42.9 Å². The molecule has 0 aliphatic heterocycles. The number of thiazole rings is 1. The smallest absolute Gasteiger partial charge is 0.178 e. The fraction of sp³-hybridized carbons (Fsp3) is 0.100. The number of carbonyl (C=O) groups excluding carboxylic acids is 1. The molecule has 2 rings (SSSR count). The second-order valence-corrected chi connectivity index (χ2v) is 3.97. The van der Waals surface area contributed by atoms with E-state index in [4.69, 9.17) is 0 Å². The highest BCUT2D eigenvalue weighted by Crippen LogP contribution is 2.15. The van der Waals surface area contributed by atoms with Crippen LogP contribution in [-0.2, 0) is 6.42 Å². The van der Waals surface area contributed by atoms with Crippen LogP contribution in [0.15, 0.2) is 30.7 Å². The summed E-state index contributed by atoms with van der Waals surface area (Å²) in [6.45, 7) is 0. The van der Waals surface area contributed by atoms with E-state index in [1.165, 1.54) is 11.3 Å². The van der Waals surface area contributed by atoms with Gasteiger partial charge in [0.15, 0.2) is 11.3 Å². The van der Waals surface area contributed by atoms with Crippen LogP contribution < -0.4 is 0 Å². The first-order valence-corrected chi connectivity index (χ1v) is 4.99. The lowest BCUT2D eigenvalue weighted by Crippen LogP contribution is -1.84. The van der Waals surface area contributed by atoms with E-state index in [-0.39, 0.29) is 0 Å². The first-order valence-electron chi connectivity index (χ1n) is 4.17. The van der Waals surface area contributed by atoms with Crippen LogP contribution in [0.1, 0.15) is 20.2 Å². The van der Waals surface area contributed by atoms with Gasteiger partial charge in [0, 0.05) is 29.9 Å². The molecule has 14 heavy (non-hydrogen) atoms. The van der Waals surface area contributed by atoms with Crippen molar-refractivity contribution in [2.75, 3.05) is 0 Å². The highest BCUT2D eigenvalue weighted by atomic mass is 32.1. The van der Waals surface area contributed by atoms with E-state index >= 15 is 0 Å². The van der Waals surface area contributed by atoms with Crippen LogP contribution in [0.2, 0.25) is 0 Å². The zero-order chi connectivity index (χ0) is 9.80. The molecule has 0 saturated carbocycles. The molecule has 0 saturated heterocycles. The molecule has 0 radical (unpaired) electrons. The molecule has 2 aromatic rings. The largest absolute Gasteiger partial charge is 0.295 e. The molecular weight excluding hydrogens is 196 g/mol. The second kappa shape index (κ2) is 4.11. The van der Waals surface area contributed by atoms with Crippen LogP contribution in [0.4, 0.5) is 0 Å². The Hall–Kier alpha value is -1.55. The van der Waals surface area contributed by atoms with E-state index in [2.05, 4.69) is 9.97 Å². The normalized spacial score (nSPS) is 10.0. The summed E-state index contributed by atoms with van der Waals surface area (Å²) in [7, 11) is 0. The third-order valence-electron chi connectivity index (χ3n) is 1.77. The van der Waals surface area contributed by atoms with Gasteiger partial charge in [0.2, 0.25) is 0 Å².